The Morgan fingerprint density at radius 1 is 0.962 bits per heavy atom. The van der Waals surface area contributed by atoms with Gasteiger partial charge in [-0.1, -0.05) is 29.3 Å². The summed E-state index contributed by atoms with van der Waals surface area (Å²) >= 11 is 11.9. The van der Waals surface area contributed by atoms with Gasteiger partial charge in [-0.2, -0.15) is 0 Å². The Balaban J connectivity index is 1.98. The minimum absolute atomic E-state index is 0.0465. The van der Waals surface area contributed by atoms with Crippen molar-refractivity contribution in [2.24, 2.45) is 0 Å². The lowest BCUT2D eigenvalue weighted by molar-refractivity contribution is -0.114. The van der Waals surface area contributed by atoms with E-state index >= 15 is 0 Å². The zero-order valence-electron chi connectivity index (χ0n) is 14.7. The fourth-order valence-electron chi connectivity index (χ4n) is 2.47. The molecule has 0 aliphatic heterocycles. The van der Waals surface area contributed by atoms with Crippen molar-refractivity contribution in [1.29, 1.82) is 0 Å². The van der Waals surface area contributed by atoms with E-state index in [1.165, 1.54) is 0 Å². The highest BCUT2D eigenvalue weighted by Gasteiger charge is 2.13. The van der Waals surface area contributed by atoms with Gasteiger partial charge in [-0.25, -0.2) is 0 Å². The van der Waals surface area contributed by atoms with Gasteiger partial charge in [0.15, 0.2) is 0 Å². The quantitative estimate of drug-likeness (QED) is 0.726. The molecule has 26 heavy (non-hydrogen) atoms. The first kappa shape index (κ1) is 20.1. The van der Waals surface area contributed by atoms with Crippen molar-refractivity contribution in [3.8, 4) is 0 Å². The van der Waals surface area contributed by atoms with Crippen LogP contribution in [0.1, 0.15) is 24.2 Å². The van der Waals surface area contributed by atoms with Crippen molar-refractivity contribution >= 4 is 46.4 Å². The average Bonchev–Trinajstić information content (AvgIpc) is 2.60. The van der Waals surface area contributed by atoms with Crippen molar-refractivity contribution in [2.75, 3.05) is 30.3 Å². The molecule has 5 nitrogen and oxygen atoms in total. The largest absolute Gasteiger partial charge is 0.376 e. The predicted molar refractivity (Wildman–Crippen MR) is 107 cm³/mol. The first-order chi connectivity index (χ1) is 12.4. The fraction of sp³-hybridized carbons (Fsp3) is 0.263. The lowest BCUT2D eigenvalue weighted by atomic mass is 10.1. The normalized spacial score (nSPS) is 10.3. The second-order valence-electron chi connectivity index (χ2n) is 5.62. The molecule has 0 radical (unpaired) electrons. The lowest BCUT2D eigenvalue weighted by Crippen LogP contribution is -2.30. The molecule has 7 heteroatoms. The SMILES string of the molecule is CCN(CC)C(=O)c1cccc(NC(=O)CNc2cc(Cl)cc(Cl)c2)c1. The molecule has 0 aliphatic carbocycles. The van der Waals surface area contributed by atoms with Gasteiger partial charge in [0.25, 0.3) is 5.91 Å². The number of nitrogens with zero attached hydrogens (tertiary/aromatic N) is 1. The predicted octanol–water partition coefficient (Wildman–Crippen LogP) is 4.53. The molecule has 0 heterocycles. The molecule has 0 aromatic heterocycles. The van der Waals surface area contributed by atoms with Crippen molar-refractivity contribution in [1.82, 2.24) is 4.90 Å². The zero-order valence-corrected chi connectivity index (χ0v) is 16.2. The Morgan fingerprint density at radius 3 is 2.23 bits per heavy atom. The number of amides is 2. The Bertz CT molecular complexity index is 772. The van der Waals surface area contributed by atoms with Crippen LogP contribution in [0.5, 0.6) is 0 Å². The highest BCUT2D eigenvalue weighted by Crippen LogP contribution is 2.22. The molecule has 2 aromatic rings. The Morgan fingerprint density at radius 2 is 1.62 bits per heavy atom. The van der Waals surface area contributed by atoms with Crippen LogP contribution in [-0.4, -0.2) is 36.3 Å². The van der Waals surface area contributed by atoms with Gasteiger partial charge in [-0.3, -0.25) is 9.59 Å². The lowest BCUT2D eigenvalue weighted by Gasteiger charge is -2.19. The van der Waals surface area contributed by atoms with Gasteiger partial charge in [0.05, 0.1) is 6.54 Å². The summed E-state index contributed by atoms with van der Waals surface area (Å²) in [5, 5.41) is 6.72. The Labute approximate surface area is 163 Å². The van der Waals surface area contributed by atoms with Gasteiger partial charge >= 0.3 is 0 Å². The van der Waals surface area contributed by atoms with Gasteiger partial charge in [-0.05, 0) is 50.2 Å². The third-order valence-electron chi connectivity index (χ3n) is 3.76. The third kappa shape index (κ3) is 5.64. The van der Waals surface area contributed by atoms with Crippen LogP contribution in [0.3, 0.4) is 0 Å². The minimum Gasteiger partial charge on any atom is -0.376 e. The second kappa shape index (κ2) is 9.46. The van der Waals surface area contributed by atoms with E-state index in [0.717, 1.165) is 0 Å². The molecule has 0 unspecified atom stereocenters. The molecule has 0 bridgehead atoms. The summed E-state index contributed by atoms with van der Waals surface area (Å²) in [4.78, 5) is 26.3. The first-order valence-electron chi connectivity index (χ1n) is 8.32. The van der Waals surface area contributed by atoms with Gasteiger partial charge in [0.1, 0.15) is 0 Å². The molecule has 0 atom stereocenters. The monoisotopic (exact) mass is 393 g/mol. The maximum atomic E-state index is 12.4. The highest BCUT2D eigenvalue weighted by molar-refractivity contribution is 6.35. The van der Waals surface area contributed by atoms with Crippen LogP contribution in [0, 0.1) is 0 Å². The number of nitrogens with one attached hydrogen (secondary N) is 2. The van der Waals surface area contributed by atoms with E-state index in [0.29, 0.717) is 40.1 Å². The number of carbonyl (C=O) groups excluding carboxylic acids is 2. The summed E-state index contributed by atoms with van der Waals surface area (Å²) in [6.45, 7) is 5.18. The second-order valence-corrected chi connectivity index (χ2v) is 6.49. The van der Waals surface area contributed by atoms with Crippen LogP contribution in [0.2, 0.25) is 10.0 Å². The summed E-state index contributed by atoms with van der Waals surface area (Å²) in [5.74, 6) is -0.300. The number of anilines is 2. The fourth-order valence-corrected chi connectivity index (χ4v) is 2.99. The summed E-state index contributed by atoms with van der Waals surface area (Å²) in [6, 6.07) is 11.9. The van der Waals surface area contributed by atoms with Crippen LogP contribution >= 0.6 is 23.2 Å². The van der Waals surface area contributed by atoms with Gasteiger partial charge < -0.3 is 15.5 Å². The maximum Gasteiger partial charge on any atom is 0.253 e. The summed E-state index contributed by atoms with van der Waals surface area (Å²) < 4.78 is 0. The number of benzene rings is 2. The molecule has 0 fully saturated rings. The molecule has 2 rings (SSSR count). The van der Waals surface area contributed by atoms with E-state index in [1.807, 2.05) is 13.8 Å². The number of halogens is 2. The van der Waals surface area contributed by atoms with Crippen LogP contribution in [-0.2, 0) is 4.79 Å². The molecule has 0 saturated heterocycles. The van der Waals surface area contributed by atoms with Crippen LogP contribution < -0.4 is 10.6 Å². The van der Waals surface area contributed by atoms with Gasteiger partial charge in [-0.15, -0.1) is 0 Å². The van der Waals surface area contributed by atoms with Crippen LogP contribution in [0.4, 0.5) is 11.4 Å². The average molecular weight is 394 g/mol. The number of rotatable bonds is 7. The Kier molecular flexibility index (Phi) is 7.30. The van der Waals surface area contributed by atoms with E-state index in [4.69, 9.17) is 23.2 Å². The van der Waals surface area contributed by atoms with E-state index in [9.17, 15) is 9.59 Å². The minimum atomic E-state index is -0.242. The van der Waals surface area contributed by atoms with E-state index in [-0.39, 0.29) is 18.4 Å². The third-order valence-corrected chi connectivity index (χ3v) is 4.20. The molecule has 2 aromatic carbocycles. The molecule has 2 amide bonds. The van der Waals surface area contributed by atoms with Crippen LogP contribution in [0.25, 0.3) is 0 Å². The molecule has 0 aliphatic rings. The standard InChI is InChI=1S/C19H21Cl2N3O2/c1-3-24(4-2)19(26)13-6-5-7-16(8-13)23-18(25)12-22-17-10-14(20)9-15(21)11-17/h5-11,22H,3-4,12H2,1-2H3,(H,23,25). The van der Waals surface area contributed by atoms with E-state index in [2.05, 4.69) is 10.6 Å². The van der Waals surface area contributed by atoms with Gasteiger partial charge in [0.2, 0.25) is 5.91 Å². The zero-order chi connectivity index (χ0) is 19.1. The smallest absolute Gasteiger partial charge is 0.253 e. The summed E-state index contributed by atoms with van der Waals surface area (Å²) in [7, 11) is 0. The van der Waals surface area contributed by atoms with Crippen LogP contribution in [0.15, 0.2) is 42.5 Å². The van der Waals surface area contributed by atoms with Gasteiger partial charge in [0, 0.05) is 40.1 Å². The van der Waals surface area contributed by atoms with E-state index < -0.39 is 0 Å². The maximum absolute atomic E-state index is 12.4. The topological polar surface area (TPSA) is 61.4 Å². The molecule has 0 saturated carbocycles. The molecular weight excluding hydrogens is 373 g/mol. The summed E-state index contributed by atoms with van der Waals surface area (Å²) in [5.41, 5.74) is 1.77. The van der Waals surface area contributed by atoms with Crippen molar-refractivity contribution in [3.63, 3.8) is 0 Å². The molecule has 0 spiro atoms. The summed E-state index contributed by atoms with van der Waals surface area (Å²) in [6.07, 6.45) is 0. The molecule has 2 N–H and O–H groups in total. The first-order valence-corrected chi connectivity index (χ1v) is 9.07. The number of hydrogen-bond acceptors (Lipinski definition) is 3. The van der Waals surface area contributed by atoms with Crippen molar-refractivity contribution in [3.05, 3.63) is 58.1 Å². The highest BCUT2D eigenvalue weighted by atomic mass is 35.5. The molecule has 138 valence electrons. The van der Waals surface area contributed by atoms with E-state index in [1.54, 1.807) is 47.4 Å². The number of carbonyl (C=O) groups is 2. The Hall–Kier alpha value is -2.24. The van der Waals surface area contributed by atoms with Crippen molar-refractivity contribution in [2.45, 2.75) is 13.8 Å². The molecular formula is C19H21Cl2N3O2. The van der Waals surface area contributed by atoms with Crippen molar-refractivity contribution < 1.29 is 9.59 Å². The number of hydrogen-bond donors (Lipinski definition) is 2.